The Morgan fingerprint density at radius 3 is 2.09 bits per heavy atom. The Labute approximate surface area is 133 Å². The SMILES string of the molecule is N#CC(=C=[N-])/C(C#N)=C(\C(=O)c1ccccc1)[n+]1ccccc1. The van der Waals surface area contributed by atoms with Crippen molar-refractivity contribution in [2.24, 2.45) is 0 Å². The number of hydrogen-bond donors (Lipinski definition) is 0. The molecule has 2 rings (SSSR count). The Hall–Kier alpha value is -3.79. The van der Waals surface area contributed by atoms with Gasteiger partial charge in [-0.2, -0.15) is 15.1 Å². The highest BCUT2D eigenvalue weighted by molar-refractivity contribution is 6.23. The number of Topliss-reactive ketones (excluding diaryl/α,β-unsaturated/α-hetero) is 1. The van der Waals surface area contributed by atoms with Gasteiger partial charge in [-0.1, -0.05) is 36.4 Å². The maximum Gasteiger partial charge on any atom is 0.278 e. The standard InChI is InChI=1S/C18H10N4O/c19-11-15(12-20)16(13-21)17(22-9-5-2-6-10-22)18(23)14-7-3-1-4-8-14/h1-10H/b17-16+. The first kappa shape index (κ1) is 15.6. The zero-order valence-electron chi connectivity index (χ0n) is 12.0. The lowest BCUT2D eigenvalue weighted by Crippen LogP contribution is -2.37. The fourth-order valence-corrected chi connectivity index (χ4v) is 2.00. The summed E-state index contributed by atoms with van der Waals surface area (Å²) in [6.07, 6.45) is 3.17. The summed E-state index contributed by atoms with van der Waals surface area (Å²) in [5.41, 5.74) is -0.317. The lowest BCUT2D eigenvalue weighted by atomic mass is 10.0. The van der Waals surface area contributed by atoms with Crippen LogP contribution in [0.3, 0.4) is 0 Å². The van der Waals surface area contributed by atoms with Crippen molar-refractivity contribution < 1.29 is 9.36 Å². The summed E-state index contributed by atoms with van der Waals surface area (Å²) in [4.78, 5) is 12.8. The van der Waals surface area contributed by atoms with Gasteiger partial charge in [-0.15, -0.1) is 0 Å². The third-order valence-corrected chi connectivity index (χ3v) is 3.05. The van der Waals surface area contributed by atoms with E-state index in [2.05, 4.69) is 0 Å². The number of nitrogens with zero attached hydrogens (tertiary/aromatic N) is 4. The monoisotopic (exact) mass is 298 g/mol. The summed E-state index contributed by atoms with van der Waals surface area (Å²) < 4.78 is 1.43. The Morgan fingerprint density at radius 1 is 0.957 bits per heavy atom. The molecule has 0 atom stereocenters. The number of nitriles is 2. The Morgan fingerprint density at radius 2 is 1.57 bits per heavy atom. The predicted octanol–water partition coefficient (Wildman–Crippen LogP) is 2.28. The normalized spacial score (nSPS) is 10.5. The first-order valence-corrected chi connectivity index (χ1v) is 6.61. The molecule has 108 valence electrons. The molecule has 1 heterocycles. The van der Waals surface area contributed by atoms with Crippen molar-refractivity contribution >= 4 is 17.4 Å². The summed E-state index contributed by atoms with van der Waals surface area (Å²) >= 11 is 0. The second-order valence-corrected chi connectivity index (χ2v) is 4.41. The molecule has 2 aromatic rings. The molecule has 5 nitrogen and oxygen atoms in total. The highest BCUT2D eigenvalue weighted by atomic mass is 16.1. The minimum Gasteiger partial charge on any atom is -0.762 e. The van der Waals surface area contributed by atoms with Crippen molar-refractivity contribution in [2.75, 3.05) is 0 Å². The average Bonchev–Trinajstić information content (AvgIpc) is 2.63. The van der Waals surface area contributed by atoms with Gasteiger partial charge in [0.05, 0.1) is 5.57 Å². The minimum atomic E-state index is -0.443. The first-order chi connectivity index (χ1) is 11.2. The van der Waals surface area contributed by atoms with Crippen LogP contribution in [0.2, 0.25) is 0 Å². The number of aromatic nitrogens is 1. The van der Waals surface area contributed by atoms with E-state index in [1.165, 1.54) is 4.57 Å². The second kappa shape index (κ2) is 7.28. The van der Waals surface area contributed by atoms with Crippen LogP contribution in [0.1, 0.15) is 10.4 Å². The van der Waals surface area contributed by atoms with Crippen molar-refractivity contribution in [1.82, 2.24) is 0 Å². The van der Waals surface area contributed by atoms with E-state index < -0.39 is 11.4 Å². The molecule has 0 radical (unpaired) electrons. The van der Waals surface area contributed by atoms with Crippen LogP contribution in [0, 0.1) is 22.7 Å². The molecular weight excluding hydrogens is 288 g/mol. The summed E-state index contributed by atoms with van der Waals surface area (Å²) in [6, 6.07) is 17.0. The van der Waals surface area contributed by atoms with Gasteiger partial charge in [-0.25, -0.2) is 5.87 Å². The summed E-state index contributed by atoms with van der Waals surface area (Å²) in [7, 11) is 0. The predicted molar refractivity (Wildman–Crippen MR) is 83.7 cm³/mol. The van der Waals surface area contributed by atoms with E-state index >= 15 is 0 Å². The van der Waals surface area contributed by atoms with Gasteiger partial charge in [0.1, 0.15) is 12.1 Å². The van der Waals surface area contributed by atoms with Gasteiger partial charge in [-0.3, -0.25) is 4.79 Å². The number of allylic oxidation sites excluding steroid dienone is 3. The van der Waals surface area contributed by atoms with E-state index in [9.17, 15) is 10.1 Å². The zero-order chi connectivity index (χ0) is 16.7. The number of carbonyl (C=O) groups is 1. The smallest absolute Gasteiger partial charge is 0.278 e. The Kier molecular flexibility index (Phi) is 4.94. The Bertz CT molecular complexity index is 894. The molecule has 0 N–H and O–H groups in total. The third kappa shape index (κ3) is 3.28. The zero-order valence-corrected chi connectivity index (χ0v) is 12.0. The quantitative estimate of drug-likeness (QED) is 0.216. The maximum atomic E-state index is 12.8. The number of ketones is 1. The van der Waals surface area contributed by atoms with Crippen LogP contribution in [0.25, 0.3) is 11.1 Å². The molecular formula is C18H10N4O. The van der Waals surface area contributed by atoms with Gasteiger partial charge in [0.15, 0.2) is 18.0 Å². The fraction of sp³-hybridized carbons (Fsp3) is 0. The van der Waals surface area contributed by atoms with Crippen molar-refractivity contribution in [3.63, 3.8) is 0 Å². The Balaban J connectivity index is 2.77. The molecule has 0 bridgehead atoms. The largest absolute Gasteiger partial charge is 0.762 e. The molecule has 0 unspecified atom stereocenters. The van der Waals surface area contributed by atoms with Crippen LogP contribution < -0.4 is 4.57 Å². The molecule has 5 heteroatoms. The molecule has 0 amide bonds. The summed E-state index contributed by atoms with van der Waals surface area (Å²) in [6.45, 7) is 0. The van der Waals surface area contributed by atoms with Gasteiger partial charge >= 0.3 is 0 Å². The third-order valence-electron chi connectivity index (χ3n) is 3.05. The van der Waals surface area contributed by atoms with E-state index in [-0.39, 0.29) is 11.3 Å². The van der Waals surface area contributed by atoms with E-state index in [1.54, 1.807) is 72.9 Å². The van der Waals surface area contributed by atoms with Gasteiger partial charge < -0.3 is 5.41 Å². The number of carbonyl (C=O) groups excluding carboxylic acids is 1. The van der Waals surface area contributed by atoms with E-state index in [0.29, 0.717) is 5.56 Å². The van der Waals surface area contributed by atoms with Gasteiger partial charge in [0.25, 0.3) is 11.5 Å². The van der Waals surface area contributed by atoms with Gasteiger partial charge in [0, 0.05) is 17.7 Å². The highest BCUT2D eigenvalue weighted by Gasteiger charge is 2.28. The molecule has 0 aliphatic heterocycles. The van der Waals surface area contributed by atoms with Gasteiger partial charge in [-0.05, 0) is 0 Å². The molecule has 0 saturated carbocycles. The van der Waals surface area contributed by atoms with Crippen molar-refractivity contribution in [3.8, 4) is 12.1 Å². The topological polar surface area (TPSA) is 90.8 Å². The summed E-state index contributed by atoms with van der Waals surface area (Å²) in [5.74, 6) is 1.23. The molecule has 0 aliphatic rings. The molecule has 0 fully saturated rings. The van der Waals surface area contributed by atoms with Crippen LogP contribution in [-0.2, 0) is 0 Å². The first-order valence-electron chi connectivity index (χ1n) is 6.61. The number of benzene rings is 1. The maximum absolute atomic E-state index is 12.8. The average molecular weight is 298 g/mol. The van der Waals surface area contributed by atoms with E-state index in [0.717, 1.165) is 0 Å². The van der Waals surface area contributed by atoms with Crippen LogP contribution in [0.15, 0.2) is 72.1 Å². The molecule has 0 aliphatic carbocycles. The van der Waals surface area contributed by atoms with Crippen LogP contribution in [-0.4, -0.2) is 11.7 Å². The van der Waals surface area contributed by atoms with Crippen LogP contribution in [0.4, 0.5) is 0 Å². The second-order valence-electron chi connectivity index (χ2n) is 4.41. The number of hydrogen-bond acceptors (Lipinski definition) is 3. The minimum absolute atomic E-state index is 0.0302. The molecule has 0 spiro atoms. The van der Waals surface area contributed by atoms with Crippen LogP contribution in [0.5, 0.6) is 0 Å². The number of rotatable bonds is 4. The van der Waals surface area contributed by atoms with E-state index in [4.69, 9.17) is 10.7 Å². The van der Waals surface area contributed by atoms with Crippen molar-refractivity contribution in [1.29, 1.82) is 10.5 Å². The fourth-order valence-electron chi connectivity index (χ4n) is 2.00. The van der Waals surface area contributed by atoms with E-state index in [1.807, 2.05) is 6.07 Å². The molecule has 1 aromatic carbocycles. The van der Waals surface area contributed by atoms with Crippen LogP contribution >= 0.6 is 0 Å². The number of pyridine rings is 1. The molecule has 23 heavy (non-hydrogen) atoms. The van der Waals surface area contributed by atoms with Gasteiger partial charge in [0.2, 0.25) is 0 Å². The molecule has 0 saturated heterocycles. The lowest BCUT2D eigenvalue weighted by molar-refractivity contribution is -0.577. The van der Waals surface area contributed by atoms with Crippen molar-refractivity contribution in [3.05, 3.63) is 83.0 Å². The lowest BCUT2D eigenvalue weighted by Gasteiger charge is -2.04. The molecule has 1 aromatic heterocycles. The summed E-state index contributed by atoms with van der Waals surface area (Å²) in [5, 5.41) is 27.5. The van der Waals surface area contributed by atoms with Crippen molar-refractivity contribution in [2.45, 2.75) is 0 Å². The highest BCUT2D eigenvalue weighted by Crippen LogP contribution is 2.17.